The average molecular weight is 251 g/mol. The third-order valence-electron chi connectivity index (χ3n) is 3.06. The lowest BCUT2D eigenvalue weighted by atomic mass is 10.1. The van der Waals surface area contributed by atoms with Crippen LogP contribution < -0.4 is 5.32 Å². The number of nitriles is 1. The van der Waals surface area contributed by atoms with E-state index >= 15 is 0 Å². The van der Waals surface area contributed by atoms with Gasteiger partial charge in [0, 0.05) is 25.7 Å². The normalized spacial score (nSPS) is 18.9. The SMILES string of the molecule is N#CC(c1cc(F)cc(F)c1)N1CCCNCC1. The first kappa shape index (κ1) is 12.9. The molecule has 0 radical (unpaired) electrons. The number of hydrogen-bond acceptors (Lipinski definition) is 3. The molecule has 5 heteroatoms. The zero-order chi connectivity index (χ0) is 13.0. The second kappa shape index (κ2) is 5.89. The molecule has 1 aliphatic rings. The molecule has 1 atom stereocenters. The van der Waals surface area contributed by atoms with Gasteiger partial charge in [-0.1, -0.05) is 0 Å². The van der Waals surface area contributed by atoms with E-state index in [9.17, 15) is 14.0 Å². The van der Waals surface area contributed by atoms with Crippen LogP contribution in [0.3, 0.4) is 0 Å². The molecule has 1 saturated heterocycles. The summed E-state index contributed by atoms with van der Waals surface area (Å²) in [6.07, 6.45) is 0.927. The van der Waals surface area contributed by atoms with E-state index in [0.717, 1.165) is 32.1 Å². The quantitative estimate of drug-likeness (QED) is 0.871. The Labute approximate surface area is 105 Å². The van der Waals surface area contributed by atoms with E-state index in [1.807, 2.05) is 4.90 Å². The number of nitrogens with zero attached hydrogens (tertiary/aromatic N) is 2. The third kappa shape index (κ3) is 3.03. The Morgan fingerprint density at radius 2 is 1.89 bits per heavy atom. The first-order valence-electron chi connectivity index (χ1n) is 6.01. The Morgan fingerprint density at radius 3 is 2.56 bits per heavy atom. The zero-order valence-electron chi connectivity index (χ0n) is 10.00. The molecule has 0 aliphatic carbocycles. The van der Waals surface area contributed by atoms with Crippen LogP contribution in [0.4, 0.5) is 8.78 Å². The van der Waals surface area contributed by atoms with Crippen molar-refractivity contribution >= 4 is 0 Å². The highest BCUT2D eigenvalue weighted by Gasteiger charge is 2.22. The van der Waals surface area contributed by atoms with Crippen LogP contribution >= 0.6 is 0 Å². The number of nitrogens with one attached hydrogen (secondary N) is 1. The van der Waals surface area contributed by atoms with Gasteiger partial charge in [0.25, 0.3) is 0 Å². The predicted molar refractivity (Wildman–Crippen MR) is 63.8 cm³/mol. The van der Waals surface area contributed by atoms with Crippen molar-refractivity contribution in [2.24, 2.45) is 0 Å². The molecule has 2 rings (SSSR count). The lowest BCUT2D eigenvalue weighted by molar-refractivity contribution is 0.251. The predicted octanol–water partition coefficient (Wildman–Crippen LogP) is 1.82. The first-order chi connectivity index (χ1) is 8.70. The molecule has 0 amide bonds. The maximum absolute atomic E-state index is 13.2. The van der Waals surface area contributed by atoms with E-state index in [-0.39, 0.29) is 0 Å². The van der Waals surface area contributed by atoms with Crippen LogP contribution in [0, 0.1) is 23.0 Å². The molecule has 1 aromatic carbocycles. The highest BCUT2D eigenvalue weighted by Crippen LogP contribution is 2.22. The Morgan fingerprint density at radius 1 is 1.17 bits per heavy atom. The van der Waals surface area contributed by atoms with E-state index in [4.69, 9.17) is 0 Å². The minimum absolute atomic E-state index is 0.386. The molecule has 96 valence electrons. The molecule has 1 aromatic rings. The lowest BCUT2D eigenvalue weighted by Crippen LogP contribution is -2.31. The minimum Gasteiger partial charge on any atom is -0.315 e. The summed E-state index contributed by atoms with van der Waals surface area (Å²) in [7, 11) is 0. The van der Waals surface area contributed by atoms with Gasteiger partial charge in [0.1, 0.15) is 17.7 Å². The maximum atomic E-state index is 13.2. The monoisotopic (exact) mass is 251 g/mol. The van der Waals surface area contributed by atoms with E-state index in [1.54, 1.807) is 0 Å². The summed E-state index contributed by atoms with van der Waals surface area (Å²) in [6, 6.07) is 4.83. The molecule has 1 fully saturated rings. The smallest absolute Gasteiger partial charge is 0.126 e. The van der Waals surface area contributed by atoms with Gasteiger partial charge in [0.05, 0.1) is 6.07 Å². The second-order valence-electron chi connectivity index (χ2n) is 4.37. The summed E-state index contributed by atoms with van der Waals surface area (Å²) in [5, 5.41) is 12.5. The van der Waals surface area contributed by atoms with Gasteiger partial charge in [-0.25, -0.2) is 8.78 Å². The Kier molecular flexibility index (Phi) is 4.24. The molecule has 0 bridgehead atoms. The molecule has 0 aromatic heterocycles. The van der Waals surface area contributed by atoms with Gasteiger partial charge in [-0.3, -0.25) is 4.90 Å². The Hall–Kier alpha value is -1.51. The van der Waals surface area contributed by atoms with Crippen LogP contribution in [0.25, 0.3) is 0 Å². The van der Waals surface area contributed by atoms with E-state index in [1.165, 1.54) is 12.1 Å². The van der Waals surface area contributed by atoms with Gasteiger partial charge >= 0.3 is 0 Å². The van der Waals surface area contributed by atoms with Crippen LogP contribution in [0.5, 0.6) is 0 Å². The van der Waals surface area contributed by atoms with Gasteiger partial charge in [0.15, 0.2) is 0 Å². The molecule has 1 unspecified atom stereocenters. The van der Waals surface area contributed by atoms with Crippen LogP contribution in [0.1, 0.15) is 18.0 Å². The third-order valence-corrected chi connectivity index (χ3v) is 3.06. The lowest BCUT2D eigenvalue weighted by Gasteiger charge is -2.25. The fourth-order valence-corrected chi connectivity index (χ4v) is 2.22. The molecular formula is C13H15F2N3. The molecule has 3 nitrogen and oxygen atoms in total. The van der Waals surface area contributed by atoms with Crippen molar-refractivity contribution < 1.29 is 8.78 Å². The summed E-state index contributed by atoms with van der Waals surface area (Å²) in [5.41, 5.74) is 0.386. The highest BCUT2D eigenvalue weighted by atomic mass is 19.1. The largest absolute Gasteiger partial charge is 0.315 e. The van der Waals surface area contributed by atoms with Crippen molar-refractivity contribution in [3.05, 3.63) is 35.4 Å². The fourth-order valence-electron chi connectivity index (χ4n) is 2.22. The molecule has 18 heavy (non-hydrogen) atoms. The number of hydrogen-bond donors (Lipinski definition) is 1. The first-order valence-corrected chi connectivity index (χ1v) is 6.01. The van der Waals surface area contributed by atoms with Gasteiger partial charge in [0.2, 0.25) is 0 Å². The number of benzene rings is 1. The number of rotatable bonds is 2. The zero-order valence-corrected chi connectivity index (χ0v) is 10.00. The molecule has 1 aliphatic heterocycles. The Bertz CT molecular complexity index is 428. The van der Waals surface area contributed by atoms with E-state index in [2.05, 4.69) is 11.4 Å². The van der Waals surface area contributed by atoms with Gasteiger partial charge < -0.3 is 5.32 Å². The minimum atomic E-state index is -0.641. The highest BCUT2D eigenvalue weighted by molar-refractivity contribution is 5.26. The van der Waals surface area contributed by atoms with Gasteiger partial charge in [-0.05, 0) is 30.7 Å². The number of halogens is 2. The maximum Gasteiger partial charge on any atom is 0.126 e. The molecular weight excluding hydrogens is 236 g/mol. The van der Waals surface area contributed by atoms with Crippen molar-refractivity contribution in [1.29, 1.82) is 5.26 Å². The summed E-state index contributed by atoms with van der Waals surface area (Å²) in [4.78, 5) is 1.95. The summed E-state index contributed by atoms with van der Waals surface area (Å²) < 4.78 is 26.4. The Balaban J connectivity index is 2.24. The van der Waals surface area contributed by atoms with Gasteiger partial charge in [-0.15, -0.1) is 0 Å². The average Bonchev–Trinajstić information content (AvgIpc) is 2.58. The molecule has 1 N–H and O–H groups in total. The van der Waals surface area contributed by atoms with Gasteiger partial charge in [-0.2, -0.15) is 5.26 Å². The van der Waals surface area contributed by atoms with Crippen LogP contribution in [0.2, 0.25) is 0 Å². The van der Waals surface area contributed by atoms with Crippen molar-refractivity contribution in [1.82, 2.24) is 10.2 Å². The van der Waals surface area contributed by atoms with Crippen molar-refractivity contribution in [2.45, 2.75) is 12.5 Å². The summed E-state index contributed by atoms with van der Waals surface area (Å²) in [6.45, 7) is 3.15. The van der Waals surface area contributed by atoms with E-state index < -0.39 is 17.7 Å². The fraction of sp³-hybridized carbons (Fsp3) is 0.462. The second-order valence-corrected chi connectivity index (χ2v) is 4.37. The van der Waals surface area contributed by atoms with E-state index in [0.29, 0.717) is 12.1 Å². The van der Waals surface area contributed by atoms with Crippen molar-refractivity contribution in [3.63, 3.8) is 0 Å². The van der Waals surface area contributed by atoms with Crippen LogP contribution in [0.15, 0.2) is 18.2 Å². The topological polar surface area (TPSA) is 39.1 Å². The van der Waals surface area contributed by atoms with Crippen LogP contribution in [-0.2, 0) is 0 Å². The summed E-state index contributed by atoms with van der Waals surface area (Å²) in [5.74, 6) is -1.28. The van der Waals surface area contributed by atoms with Crippen molar-refractivity contribution in [2.75, 3.05) is 26.2 Å². The summed E-state index contributed by atoms with van der Waals surface area (Å²) >= 11 is 0. The van der Waals surface area contributed by atoms with Crippen molar-refractivity contribution in [3.8, 4) is 6.07 Å². The standard InChI is InChI=1S/C13H15F2N3/c14-11-6-10(7-12(15)8-11)13(9-16)18-4-1-2-17-3-5-18/h6-8,13,17H,1-5H2. The molecule has 0 saturated carbocycles. The van der Waals surface area contributed by atoms with Crippen LogP contribution in [-0.4, -0.2) is 31.1 Å². The molecule has 0 spiro atoms. The molecule has 1 heterocycles.